The summed E-state index contributed by atoms with van der Waals surface area (Å²) in [5.74, 6) is 1.72. The fourth-order valence-electron chi connectivity index (χ4n) is 0.537. The lowest BCUT2D eigenvalue weighted by Gasteiger charge is -2.08. The Morgan fingerprint density at radius 3 is 2.85 bits per heavy atom. The molecule has 1 unspecified atom stereocenters. The van der Waals surface area contributed by atoms with Gasteiger partial charge in [0.05, 0.1) is 18.6 Å². The van der Waals surface area contributed by atoms with Gasteiger partial charge < -0.3 is 9.47 Å². The minimum absolute atomic E-state index is 0.0335. The SMILES string of the molecule is CCSSCOCOC(C)CC#N. The molecule has 0 aromatic carbocycles. The predicted octanol–water partition coefficient (Wildman–Crippen LogP) is 2.64. The van der Waals surface area contributed by atoms with Gasteiger partial charge in [0.2, 0.25) is 0 Å². The van der Waals surface area contributed by atoms with Crippen molar-refractivity contribution in [3.05, 3.63) is 0 Å². The van der Waals surface area contributed by atoms with Gasteiger partial charge in [-0.25, -0.2) is 0 Å². The topological polar surface area (TPSA) is 42.2 Å². The first kappa shape index (κ1) is 13.1. The van der Waals surface area contributed by atoms with E-state index < -0.39 is 0 Å². The molecule has 0 aromatic heterocycles. The Morgan fingerprint density at radius 2 is 2.23 bits per heavy atom. The molecule has 0 aliphatic heterocycles. The first-order chi connectivity index (χ1) is 6.31. The molecule has 0 spiro atoms. The minimum atomic E-state index is -0.0335. The second kappa shape index (κ2) is 10.2. The molecule has 76 valence electrons. The van der Waals surface area contributed by atoms with Crippen LogP contribution in [0.25, 0.3) is 0 Å². The van der Waals surface area contributed by atoms with Gasteiger partial charge in [-0.2, -0.15) is 5.26 Å². The van der Waals surface area contributed by atoms with Gasteiger partial charge in [-0.15, -0.1) is 0 Å². The molecular formula is C8H15NO2S2. The molecule has 0 radical (unpaired) electrons. The molecule has 3 nitrogen and oxygen atoms in total. The molecule has 1 atom stereocenters. The molecular weight excluding hydrogens is 206 g/mol. The Morgan fingerprint density at radius 1 is 1.46 bits per heavy atom. The molecule has 0 aromatic rings. The molecule has 0 amide bonds. The summed E-state index contributed by atoms with van der Waals surface area (Å²) in [6.07, 6.45) is 0.383. The molecule has 0 fully saturated rings. The smallest absolute Gasteiger partial charge is 0.148 e. The Kier molecular flexibility index (Phi) is 10.3. The molecule has 0 saturated heterocycles. The lowest BCUT2D eigenvalue weighted by atomic mass is 10.3. The second-order valence-electron chi connectivity index (χ2n) is 2.30. The summed E-state index contributed by atoms with van der Waals surface area (Å²) in [5, 5.41) is 8.33. The van der Waals surface area contributed by atoms with E-state index in [4.69, 9.17) is 14.7 Å². The Balaban J connectivity index is 3.03. The summed E-state index contributed by atoms with van der Waals surface area (Å²) in [6, 6.07) is 2.04. The number of nitriles is 1. The van der Waals surface area contributed by atoms with E-state index in [0.717, 1.165) is 5.75 Å². The number of rotatable bonds is 8. The fraction of sp³-hybridized carbons (Fsp3) is 0.875. The third-order valence-corrected chi connectivity index (χ3v) is 3.31. The van der Waals surface area contributed by atoms with Gasteiger partial charge in [0.25, 0.3) is 0 Å². The molecule has 0 aliphatic carbocycles. The van der Waals surface area contributed by atoms with Crippen LogP contribution in [0.5, 0.6) is 0 Å². The molecule has 0 rings (SSSR count). The highest BCUT2D eigenvalue weighted by Crippen LogP contribution is 2.19. The van der Waals surface area contributed by atoms with Crippen LogP contribution < -0.4 is 0 Å². The van der Waals surface area contributed by atoms with Crippen molar-refractivity contribution in [1.82, 2.24) is 0 Å². The molecule has 0 heterocycles. The van der Waals surface area contributed by atoms with Crippen LogP contribution >= 0.6 is 21.6 Å². The summed E-state index contributed by atoms with van der Waals surface area (Å²) in [6.45, 7) is 4.24. The van der Waals surface area contributed by atoms with Gasteiger partial charge in [-0.05, 0) is 6.92 Å². The van der Waals surface area contributed by atoms with E-state index in [1.54, 1.807) is 21.6 Å². The van der Waals surface area contributed by atoms with Crippen molar-refractivity contribution in [2.24, 2.45) is 0 Å². The van der Waals surface area contributed by atoms with Gasteiger partial charge in [0.1, 0.15) is 12.7 Å². The highest BCUT2D eigenvalue weighted by atomic mass is 33.1. The van der Waals surface area contributed by atoms with Crippen LogP contribution in [0.3, 0.4) is 0 Å². The van der Waals surface area contributed by atoms with Gasteiger partial charge in [-0.3, -0.25) is 0 Å². The van der Waals surface area contributed by atoms with Crippen LogP contribution in [0.2, 0.25) is 0 Å². The van der Waals surface area contributed by atoms with E-state index in [2.05, 4.69) is 6.92 Å². The average Bonchev–Trinajstić information content (AvgIpc) is 2.11. The largest absolute Gasteiger partial charge is 0.351 e. The van der Waals surface area contributed by atoms with Crippen molar-refractivity contribution < 1.29 is 9.47 Å². The maximum absolute atomic E-state index is 8.33. The molecule has 0 bridgehead atoms. The van der Waals surface area contributed by atoms with E-state index in [-0.39, 0.29) is 12.9 Å². The molecule has 13 heavy (non-hydrogen) atoms. The standard InChI is InChI=1S/C8H15NO2S2/c1-3-12-13-7-10-6-11-8(2)4-5-9/h8H,3-4,6-7H2,1-2H3. The van der Waals surface area contributed by atoms with Crippen LogP contribution in [0.15, 0.2) is 0 Å². The van der Waals surface area contributed by atoms with Crippen LogP contribution in [0.4, 0.5) is 0 Å². The van der Waals surface area contributed by atoms with Gasteiger partial charge in [-0.1, -0.05) is 28.5 Å². The predicted molar refractivity (Wildman–Crippen MR) is 57.3 cm³/mol. The third kappa shape index (κ3) is 10.0. The highest BCUT2D eigenvalue weighted by molar-refractivity contribution is 8.76. The van der Waals surface area contributed by atoms with Crippen molar-refractivity contribution in [2.75, 3.05) is 18.5 Å². The van der Waals surface area contributed by atoms with Gasteiger partial charge >= 0.3 is 0 Å². The van der Waals surface area contributed by atoms with E-state index in [1.165, 1.54) is 0 Å². The van der Waals surface area contributed by atoms with Crippen molar-refractivity contribution >= 4 is 21.6 Å². The third-order valence-electron chi connectivity index (χ3n) is 1.15. The summed E-state index contributed by atoms with van der Waals surface area (Å²) in [4.78, 5) is 0. The summed E-state index contributed by atoms with van der Waals surface area (Å²) in [7, 11) is 3.43. The van der Waals surface area contributed by atoms with Crippen molar-refractivity contribution in [3.63, 3.8) is 0 Å². The highest BCUT2D eigenvalue weighted by Gasteiger charge is 1.99. The molecule has 0 N–H and O–H groups in total. The summed E-state index contributed by atoms with van der Waals surface area (Å²) < 4.78 is 10.4. The Labute approximate surface area is 87.6 Å². The number of hydrogen-bond acceptors (Lipinski definition) is 5. The van der Waals surface area contributed by atoms with Crippen molar-refractivity contribution in [3.8, 4) is 6.07 Å². The minimum Gasteiger partial charge on any atom is -0.351 e. The van der Waals surface area contributed by atoms with E-state index in [1.807, 2.05) is 13.0 Å². The maximum atomic E-state index is 8.33. The Bertz CT molecular complexity index is 150. The zero-order chi connectivity index (χ0) is 9.94. The molecule has 0 saturated carbocycles. The van der Waals surface area contributed by atoms with E-state index in [0.29, 0.717) is 12.4 Å². The normalized spacial score (nSPS) is 12.4. The monoisotopic (exact) mass is 221 g/mol. The average molecular weight is 221 g/mol. The van der Waals surface area contributed by atoms with E-state index >= 15 is 0 Å². The lowest BCUT2D eigenvalue weighted by Crippen LogP contribution is -2.10. The van der Waals surface area contributed by atoms with E-state index in [9.17, 15) is 0 Å². The lowest BCUT2D eigenvalue weighted by molar-refractivity contribution is -0.0679. The number of ether oxygens (including phenoxy) is 2. The fourth-order valence-corrected chi connectivity index (χ4v) is 1.82. The van der Waals surface area contributed by atoms with Crippen molar-refractivity contribution in [1.29, 1.82) is 5.26 Å². The summed E-state index contributed by atoms with van der Waals surface area (Å²) in [5.41, 5.74) is 0. The molecule has 5 heteroatoms. The first-order valence-electron chi connectivity index (χ1n) is 4.12. The van der Waals surface area contributed by atoms with Crippen LogP contribution in [0, 0.1) is 11.3 Å². The van der Waals surface area contributed by atoms with Crippen molar-refractivity contribution in [2.45, 2.75) is 26.4 Å². The zero-order valence-corrected chi connectivity index (χ0v) is 9.62. The Hall–Kier alpha value is 0.110. The zero-order valence-electron chi connectivity index (χ0n) is 7.99. The van der Waals surface area contributed by atoms with Crippen LogP contribution in [0.1, 0.15) is 20.3 Å². The summed E-state index contributed by atoms with van der Waals surface area (Å²) >= 11 is 0. The maximum Gasteiger partial charge on any atom is 0.148 e. The molecule has 0 aliphatic rings. The van der Waals surface area contributed by atoms with Gasteiger partial charge in [0, 0.05) is 5.75 Å². The second-order valence-corrected chi connectivity index (χ2v) is 5.00. The first-order valence-corrected chi connectivity index (χ1v) is 6.60. The number of nitrogens with zero attached hydrogens (tertiary/aromatic N) is 1. The van der Waals surface area contributed by atoms with Crippen LogP contribution in [-0.2, 0) is 9.47 Å². The quantitative estimate of drug-likeness (QED) is 0.358. The number of hydrogen-bond donors (Lipinski definition) is 0. The van der Waals surface area contributed by atoms with Crippen LogP contribution in [-0.4, -0.2) is 24.6 Å². The van der Waals surface area contributed by atoms with Gasteiger partial charge in [0.15, 0.2) is 0 Å².